The van der Waals surface area contributed by atoms with E-state index >= 15 is 0 Å². The number of benzene rings is 1. The molecule has 6 nitrogen and oxygen atoms in total. The molecule has 1 aromatic heterocycles. The van der Waals surface area contributed by atoms with Crippen molar-refractivity contribution in [1.29, 1.82) is 0 Å². The number of sulfonamides is 1. The SMILES string of the molecule is Cc1c(Cl)cccc1S(=O)(=O)Nc1ccsc1CCN1CCOCC1=O. The second kappa shape index (κ2) is 7.96. The van der Waals surface area contributed by atoms with Crippen LogP contribution in [0, 0.1) is 6.92 Å². The van der Waals surface area contributed by atoms with Crippen LogP contribution >= 0.6 is 22.9 Å². The van der Waals surface area contributed by atoms with Crippen LogP contribution in [0.15, 0.2) is 34.5 Å². The summed E-state index contributed by atoms with van der Waals surface area (Å²) in [6, 6.07) is 6.54. The molecule has 1 saturated heterocycles. The number of thiophene rings is 1. The predicted molar refractivity (Wildman–Crippen MR) is 102 cm³/mol. The second-order valence-electron chi connectivity index (χ2n) is 5.91. The van der Waals surface area contributed by atoms with Crippen molar-refractivity contribution in [2.75, 3.05) is 31.0 Å². The summed E-state index contributed by atoms with van der Waals surface area (Å²) in [5.41, 5.74) is 1.05. The van der Waals surface area contributed by atoms with Crippen molar-refractivity contribution in [2.45, 2.75) is 18.2 Å². The van der Waals surface area contributed by atoms with Gasteiger partial charge in [0.25, 0.3) is 10.0 Å². The minimum Gasteiger partial charge on any atom is -0.370 e. The van der Waals surface area contributed by atoms with E-state index in [-0.39, 0.29) is 17.4 Å². The average molecular weight is 415 g/mol. The quantitative estimate of drug-likeness (QED) is 0.788. The fourth-order valence-corrected chi connectivity index (χ4v) is 5.21. The lowest BCUT2D eigenvalue weighted by molar-refractivity contribution is -0.142. The van der Waals surface area contributed by atoms with Crippen molar-refractivity contribution in [2.24, 2.45) is 0 Å². The first-order valence-corrected chi connectivity index (χ1v) is 10.8. The van der Waals surface area contributed by atoms with Gasteiger partial charge in [-0.15, -0.1) is 11.3 Å². The molecule has 2 heterocycles. The molecule has 3 rings (SSSR count). The second-order valence-corrected chi connectivity index (χ2v) is 8.97. The summed E-state index contributed by atoms with van der Waals surface area (Å²) in [7, 11) is -3.74. The van der Waals surface area contributed by atoms with Gasteiger partial charge in [0.1, 0.15) is 6.61 Å². The fourth-order valence-electron chi connectivity index (χ4n) is 2.73. The standard InChI is InChI=1S/C17H19ClN2O4S2/c1-12-13(18)3-2-4-16(12)26(22,23)19-14-6-10-25-15(14)5-7-20-8-9-24-11-17(20)21/h2-4,6,10,19H,5,7-9,11H2,1H3. The first-order valence-electron chi connectivity index (χ1n) is 8.08. The summed E-state index contributed by atoms with van der Waals surface area (Å²) in [4.78, 5) is 14.6. The summed E-state index contributed by atoms with van der Waals surface area (Å²) in [6.07, 6.45) is 0.579. The Morgan fingerprint density at radius 1 is 1.35 bits per heavy atom. The number of amides is 1. The molecule has 1 aromatic carbocycles. The summed E-state index contributed by atoms with van der Waals surface area (Å²) in [5, 5.41) is 2.24. The molecule has 9 heteroatoms. The normalized spacial score (nSPS) is 15.3. The molecule has 1 aliphatic rings. The fraction of sp³-hybridized carbons (Fsp3) is 0.353. The maximum Gasteiger partial charge on any atom is 0.262 e. The maximum absolute atomic E-state index is 12.7. The molecule has 1 fully saturated rings. The zero-order valence-electron chi connectivity index (χ0n) is 14.2. The molecule has 0 radical (unpaired) electrons. The third kappa shape index (κ3) is 4.20. The monoisotopic (exact) mass is 414 g/mol. The molecule has 0 bridgehead atoms. The van der Waals surface area contributed by atoms with E-state index in [1.807, 2.05) is 5.38 Å². The number of rotatable bonds is 6. The van der Waals surface area contributed by atoms with Crippen molar-refractivity contribution in [3.8, 4) is 0 Å². The Morgan fingerprint density at radius 3 is 2.92 bits per heavy atom. The molecule has 1 N–H and O–H groups in total. The predicted octanol–water partition coefficient (Wildman–Crippen LogP) is 2.91. The Bertz CT molecular complexity index is 911. The lowest BCUT2D eigenvalue weighted by Gasteiger charge is -2.26. The van der Waals surface area contributed by atoms with Crippen LogP contribution in [0.3, 0.4) is 0 Å². The molecular formula is C17H19ClN2O4S2. The minimum absolute atomic E-state index is 0.0375. The third-order valence-electron chi connectivity index (χ3n) is 4.19. The van der Waals surface area contributed by atoms with Crippen LogP contribution in [-0.4, -0.2) is 45.5 Å². The molecule has 2 aromatic rings. The highest BCUT2D eigenvalue weighted by atomic mass is 35.5. The highest BCUT2D eigenvalue weighted by Crippen LogP contribution is 2.28. The Morgan fingerprint density at radius 2 is 2.15 bits per heavy atom. The third-order valence-corrected chi connectivity index (χ3v) is 7.09. The number of hydrogen-bond acceptors (Lipinski definition) is 5. The molecule has 0 atom stereocenters. The van der Waals surface area contributed by atoms with Crippen molar-refractivity contribution in [1.82, 2.24) is 4.90 Å². The summed E-state index contributed by atoms with van der Waals surface area (Å²) < 4.78 is 33.2. The molecule has 0 saturated carbocycles. The van der Waals surface area contributed by atoms with Gasteiger partial charge in [0.2, 0.25) is 5.91 Å². The van der Waals surface area contributed by atoms with E-state index in [1.165, 1.54) is 17.4 Å². The zero-order chi connectivity index (χ0) is 18.7. The number of ether oxygens (including phenoxy) is 1. The molecule has 0 spiro atoms. The van der Waals surface area contributed by atoms with Gasteiger partial charge >= 0.3 is 0 Å². The van der Waals surface area contributed by atoms with Gasteiger partial charge in [0.15, 0.2) is 0 Å². The van der Waals surface area contributed by atoms with Crippen molar-refractivity contribution < 1.29 is 17.9 Å². The number of hydrogen-bond donors (Lipinski definition) is 1. The zero-order valence-corrected chi connectivity index (χ0v) is 16.6. The Hall–Kier alpha value is -1.61. The van der Waals surface area contributed by atoms with Crippen LogP contribution in [0.4, 0.5) is 5.69 Å². The van der Waals surface area contributed by atoms with Crippen molar-refractivity contribution in [3.05, 3.63) is 45.1 Å². The summed E-state index contributed by atoms with van der Waals surface area (Å²) >= 11 is 7.50. The van der Waals surface area contributed by atoms with E-state index < -0.39 is 10.0 Å². The Balaban J connectivity index is 1.74. The lowest BCUT2D eigenvalue weighted by atomic mass is 10.2. The first-order chi connectivity index (χ1) is 12.4. The van der Waals surface area contributed by atoms with Gasteiger partial charge in [-0.3, -0.25) is 9.52 Å². The lowest BCUT2D eigenvalue weighted by Crippen LogP contribution is -2.42. The highest BCUT2D eigenvalue weighted by Gasteiger charge is 2.22. The van der Waals surface area contributed by atoms with Crippen LogP contribution in [-0.2, 0) is 26.0 Å². The van der Waals surface area contributed by atoms with Crippen molar-refractivity contribution in [3.63, 3.8) is 0 Å². The van der Waals surface area contributed by atoms with Gasteiger partial charge in [-0.05, 0) is 36.1 Å². The number of nitrogens with zero attached hydrogens (tertiary/aromatic N) is 1. The molecule has 1 amide bonds. The van der Waals surface area contributed by atoms with E-state index in [1.54, 1.807) is 30.0 Å². The smallest absolute Gasteiger partial charge is 0.262 e. The van der Waals surface area contributed by atoms with Gasteiger partial charge in [-0.1, -0.05) is 17.7 Å². The van der Waals surface area contributed by atoms with Crippen molar-refractivity contribution >= 4 is 44.6 Å². The largest absolute Gasteiger partial charge is 0.370 e. The first kappa shape index (κ1) is 19.2. The average Bonchev–Trinajstić information content (AvgIpc) is 3.03. The minimum atomic E-state index is -3.74. The van der Waals surface area contributed by atoms with Gasteiger partial charge in [0.05, 0.1) is 17.2 Å². The Kier molecular flexibility index (Phi) is 5.86. The highest BCUT2D eigenvalue weighted by molar-refractivity contribution is 7.92. The van der Waals surface area contributed by atoms with Crippen LogP contribution in [0.2, 0.25) is 5.02 Å². The number of carbonyl (C=O) groups is 1. The van der Waals surface area contributed by atoms with Crippen LogP contribution in [0.25, 0.3) is 0 Å². The maximum atomic E-state index is 12.7. The number of carbonyl (C=O) groups excluding carboxylic acids is 1. The van der Waals surface area contributed by atoms with E-state index in [9.17, 15) is 13.2 Å². The molecule has 0 aliphatic carbocycles. The van der Waals surface area contributed by atoms with Crippen LogP contribution in [0.1, 0.15) is 10.4 Å². The molecule has 140 valence electrons. The summed E-state index contributed by atoms with van der Waals surface area (Å²) in [6.45, 7) is 3.41. The molecular weight excluding hydrogens is 396 g/mol. The number of morpholine rings is 1. The van der Waals surface area contributed by atoms with Gasteiger partial charge < -0.3 is 9.64 Å². The topological polar surface area (TPSA) is 75.7 Å². The van der Waals surface area contributed by atoms with Gasteiger partial charge in [0, 0.05) is 29.4 Å². The van der Waals surface area contributed by atoms with E-state index in [0.29, 0.717) is 42.4 Å². The van der Waals surface area contributed by atoms with Gasteiger partial charge in [-0.25, -0.2) is 8.42 Å². The van der Waals surface area contributed by atoms with E-state index in [4.69, 9.17) is 16.3 Å². The van der Waals surface area contributed by atoms with E-state index in [0.717, 1.165) is 4.88 Å². The van der Waals surface area contributed by atoms with E-state index in [2.05, 4.69) is 4.72 Å². The van der Waals surface area contributed by atoms with Crippen LogP contribution < -0.4 is 4.72 Å². The molecule has 0 unspecified atom stereocenters. The number of nitrogens with one attached hydrogen (secondary N) is 1. The van der Waals surface area contributed by atoms with Crippen LogP contribution in [0.5, 0.6) is 0 Å². The molecule has 1 aliphatic heterocycles. The van der Waals surface area contributed by atoms with Gasteiger partial charge in [-0.2, -0.15) is 0 Å². The Labute approximate surface area is 161 Å². The number of halogens is 1. The molecule has 26 heavy (non-hydrogen) atoms. The number of anilines is 1. The summed E-state index contributed by atoms with van der Waals surface area (Å²) in [5.74, 6) is -0.0375.